The van der Waals surface area contributed by atoms with Crippen molar-refractivity contribution >= 4 is 52.6 Å². The molecular weight excluding hydrogens is 577 g/mol. The molecule has 2 aromatic carbocycles. The molecule has 214 valence electrons. The third kappa shape index (κ3) is 7.69. The topological polar surface area (TPSA) is 161 Å². The number of rotatable bonds is 10. The number of benzene rings is 2. The molecule has 2 heterocycles. The van der Waals surface area contributed by atoms with E-state index in [4.69, 9.17) is 37.4 Å². The molecule has 0 aliphatic rings. The van der Waals surface area contributed by atoms with Crippen molar-refractivity contribution in [2.24, 2.45) is 0 Å². The van der Waals surface area contributed by atoms with Crippen molar-refractivity contribution in [2.45, 2.75) is 0 Å². The highest BCUT2D eigenvalue weighted by Gasteiger charge is 2.17. The Kier molecular flexibility index (Phi) is 9.68. The van der Waals surface area contributed by atoms with Gasteiger partial charge in [0.2, 0.25) is 5.88 Å². The average molecular weight is 602 g/mol. The zero-order chi connectivity index (χ0) is 29.4. The van der Waals surface area contributed by atoms with Gasteiger partial charge in [-0.15, -0.1) is 5.10 Å². The van der Waals surface area contributed by atoms with Gasteiger partial charge in [-0.1, -0.05) is 23.2 Å². The SMILES string of the molecule is COCCNC(=O)Nc1cc(Oc2ccc(NC(=O)Nc3cc(O)nn3-c3ccc(OC)cc3)c(Cl)c2Cl)ccn1. The Hall–Kier alpha value is -4.72. The predicted octanol–water partition coefficient (Wildman–Crippen LogP) is 5.49. The van der Waals surface area contributed by atoms with Crippen LogP contribution in [-0.4, -0.2) is 59.3 Å². The quantitative estimate of drug-likeness (QED) is 0.149. The number of halogens is 2. The van der Waals surface area contributed by atoms with Crippen molar-refractivity contribution in [3.8, 4) is 28.8 Å². The van der Waals surface area contributed by atoms with E-state index in [9.17, 15) is 14.7 Å². The molecule has 0 radical (unpaired) electrons. The molecule has 0 fully saturated rings. The first-order valence-electron chi connectivity index (χ1n) is 11.9. The number of ether oxygens (including phenoxy) is 3. The molecule has 41 heavy (non-hydrogen) atoms. The fourth-order valence-corrected chi connectivity index (χ4v) is 3.86. The van der Waals surface area contributed by atoms with Gasteiger partial charge in [-0.05, 0) is 42.5 Å². The molecule has 0 saturated heterocycles. The second-order valence-corrected chi connectivity index (χ2v) is 8.92. The summed E-state index contributed by atoms with van der Waals surface area (Å²) in [6, 6.07) is 13.1. The van der Waals surface area contributed by atoms with Crippen LogP contribution in [0.2, 0.25) is 10.0 Å². The molecular formula is C26H25Cl2N7O6. The highest BCUT2D eigenvalue weighted by atomic mass is 35.5. The monoisotopic (exact) mass is 601 g/mol. The number of hydrogen-bond donors (Lipinski definition) is 5. The van der Waals surface area contributed by atoms with Crippen LogP contribution in [0.5, 0.6) is 23.1 Å². The third-order valence-corrected chi connectivity index (χ3v) is 6.21. The maximum Gasteiger partial charge on any atom is 0.324 e. The first kappa shape index (κ1) is 29.3. The predicted molar refractivity (Wildman–Crippen MR) is 154 cm³/mol. The van der Waals surface area contributed by atoms with Gasteiger partial charge in [0.1, 0.15) is 33.9 Å². The van der Waals surface area contributed by atoms with Crippen molar-refractivity contribution in [3.63, 3.8) is 0 Å². The highest BCUT2D eigenvalue weighted by Crippen LogP contribution is 2.39. The molecule has 4 amide bonds. The summed E-state index contributed by atoms with van der Waals surface area (Å²) in [5.74, 6) is 1.32. The van der Waals surface area contributed by atoms with Gasteiger partial charge in [0, 0.05) is 32.0 Å². The fraction of sp³-hybridized carbons (Fsp3) is 0.154. The molecule has 0 aliphatic carbocycles. The van der Waals surface area contributed by atoms with E-state index in [1.165, 1.54) is 42.3 Å². The third-order valence-electron chi connectivity index (χ3n) is 5.34. The lowest BCUT2D eigenvalue weighted by Crippen LogP contribution is -2.31. The van der Waals surface area contributed by atoms with E-state index in [-0.39, 0.29) is 39.0 Å². The number of aromatic hydroxyl groups is 1. The molecule has 5 N–H and O–H groups in total. The summed E-state index contributed by atoms with van der Waals surface area (Å²) in [5.41, 5.74) is 0.774. The fourth-order valence-electron chi connectivity index (χ4n) is 3.45. The number of urea groups is 2. The second kappa shape index (κ2) is 13.6. The van der Waals surface area contributed by atoms with Crippen LogP contribution in [0.4, 0.5) is 26.9 Å². The first-order chi connectivity index (χ1) is 19.8. The molecule has 2 aromatic heterocycles. The number of aromatic nitrogens is 3. The van der Waals surface area contributed by atoms with Gasteiger partial charge < -0.3 is 30.0 Å². The Bertz CT molecular complexity index is 1530. The number of carbonyl (C=O) groups excluding carboxylic acids is 2. The Labute approximate surface area is 244 Å². The van der Waals surface area contributed by atoms with Crippen LogP contribution in [0.25, 0.3) is 5.69 Å². The maximum atomic E-state index is 12.8. The Morgan fingerprint density at radius 2 is 1.71 bits per heavy atom. The van der Waals surface area contributed by atoms with Crippen molar-refractivity contribution in [2.75, 3.05) is 43.3 Å². The van der Waals surface area contributed by atoms with Crippen LogP contribution >= 0.6 is 23.2 Å². The van der Waals surface area contributed by atoms with E-state index in [1.54, 1.807) is 37.4 Å². The van der Waals surface area contributed by atoms with E-state index in [0.717, 1.165) is 0 Å². The smallest absolute Gasteiger partial charge is 0.324 e. The molecule has 0 aliphatic heterocycles. The standard InChI is InChI=1S/C26H25Cl2N7O6/c1-39-12-11-30-25(37)32-20-13-17(9-10-29-20)41-19-8-7-18(23(27)24(19)28)31-26(38)33-21-14-22(36)34-35(21)15-3-5-16(40-2)6-4-15/h3-10,13-14H,11-12H2,1-2H3,(H,34,36)(H2,31,33,38)(H2,29,30,32,37). The van der Waals surface area contributed by atoms with Crippen molar-refractivity contribution in [1.82, 2.24) is 20.1 Å². The summed E-state index contributed by atoms with van der Waals surface area (Å²) in [6.45, 7) is 0.702. The van der Waals surface area contributed by atoms with E-state index < -0.39 is 12.1 Å². The van der Waals surface area contributed by atoms with Gasteiger partial charge in [0.05, 0.1) is 30.1 Å². The summed E-state index contributed by atoms with van der Waals surface area (Å²) >= 11 is 12.8. The van der Waals surface area contributed by atoms with Gasteiger partial charge in [-0.2, -0.15) is 0 Å². The lowest BCUT2D eigenvalue weighted by Gasteiger charge is -2.14. The number of hydrogen-bond acceptors (Lipinski definition) is 8. The number of pyridine rings is 1. The van der Waals surface area contributed by atoms with E-state index in [2.05, 4.69) is 31.3 Å². The van der Waals surface area contributed by atoms with Crippen LogP contribution in [-0.2, 0) is 4.74 Å². The van der Waals surface area contributed by atoms with Crippen molar-refractivity contribution in [3.05, 3.63) is 70.8 Å². The van der Waals surface area contributed by atoms with Crippen LogP contribution in [0.1, 0.15) is 0 Å². The van der Waals surface area contributed by atoms with Gasteiger partial charge in [0.15, 0.2) is 0 Å². The van der Waals surface area contributed by atoms with Crippen LogP contribution in [0, 0.1) is 0 Å². The van der Waals surface area contributed by atoms with E-state index in [1.807, 2.05) is 0 Å². The maximum absolute atomic E-state index is 12.8. The summed E-state index contributed by atoms with van der Waals surface area (Å²) in [4.78, 5) is 28.8. The molecule has 0 saturated carbocycles. The normalized spacial score (nSPS) is 10.5. The summed E-state index contributed by atoms with van der Waals surface area (Å²) in [6.07, 6.45) is 1.45. The number of nitrogens with zero attached hydrogens (tertiary/aromatic N) is 3. The van der Waals surface area contributed by atoms with E-state index in [0.29, 0.717) is 30.3 Å². The first-order valence-corrected chi connectivity index (χ1v) is 12.7. The molecule has 0 bridgehead atoms. The molecule has 0 unspecified atom stereocenters. The average Bonchev–Trinajstić information content (AvgIpc) is 3.32. The summed E-state index contributed by atoms with van der Waals surface area (Å²) in [5, 5.41) is 24.4. The second-order valence-electron chi connectivity index (χ2n) is 8.17. The lowest BCUT2D eigenvalue weighted by atomic mass is 10.3. The molecule has 4 rings (SSSR count). The van der Waals surface area contributed by atoms with Crippen LogP contribution in [0.3, 0.4) is 0 Å². The molecule has 15 heteroatoms. The van der Waals surface area contributed by atoms with Gasteiger partial charge in [-0.25, -0.2) is 19.3 Å². The summed E-state index contributed by atoms with van der Waals surface area (Å²) < 4.78 is 17.2. The van der Waals surface area contributed by atoms with Crippen LogP contribution in [0.15, 0.2) is 60.8 Å². The molecule has 13 nitrogen and oxygen atoms in total. The number of anilines is 3. The Balaban J connectivity index is 1.42. The number of amides is 4. The number of methoxy groups -OCH3 is 2. The summed E-state index contributed by atoms with van der Waals surface area (Å²) in [7, 11) is 3.08. The number of nitrogens with one attached hydrogen (secondary N) is 4. The van der Waals surface area contributed by atoms with E-state index >= 15 is 0 Å². The molecule has 0 atom stereocenters. The number of carbonyl (C=O) groups is 2. The van der Waals surface area contributed by atoms with Gasteiger partial charge in [-0.3, -0.25) is 10.6 Å². The zero-order valence-electron chi connectivity index (χ0n) is 21.8. The minimum atomic E-state index is -0.667. The van der Waals surface area contributed by atoms with Gasteiger partial charge in [0.25, 0.3) is 0 Å². The molecule has 0 spiro atoms. The minimum absolute atomic E-state index is 0.0238. The minimum Gasteiger partial charge on any atom is -0.497 e. The van der Waals surface area contributed by atoms with Crippen LogP contribution < -0.4 is 30.7 Å². The van der Waals surface area contributed by atoms with Gasteiger partial charge >= 0.3 is 12.1 Å². The molecule has 4 aromatic rings. The Morgan fingerprint density at radius 3 is 2.44 bits per heavy atom. The largest absolute Gasteiger partial charge is 0.497 e. The Morgan fingerprint density at radius 1 is 0.927 bits per heavy atom. The highest BCUT2D eigenvalue weighted by molar-refractivity contribution is 6.45. The zero-order valence-corrected chi connectivity index (χ0v) is 23.3. The van der Waals surface area contributed by atoms with Crippen molar-refractivity contribution in [1.29, 1.82) is 0 Å². The lowest BCUT2D eigenvalue weighted by molar-refractivity contribution is 0.198. The van der Waals surface area contributed by atoms with Crippen molar-refractivity contribution < 1.29 is 28.9 Å².